The van der Waals surface area contributed by atoms with Crippen LogP contribution in [0.4, 0.5) is 0 Å². The molecule has 0 fully saturated rings. The molecule has 4 nitrogen and oxygen atoms in total. The Morgan fingerprint density at radius 1 is 1.44 bits per heavy atom. The Balaban J connectivity index is 2.08. The maximum absolute atomic E-state index is 11.4. The summed E-state index contributed by atoms with van der Waals surface area (Å²) in [6.45, 7) is 0. The summed E-state index contributed by atoms with van der Waals surface area (Å²) in [5, 5.41) is 0. The van der Waals surface area contributed by atoms with E-state index in [0.29, 0.717) is 0 Å². The average molecular weight is 240 g/mol. The largest absolute Gasteiger partial charge is 0.363 e. The molecule has 3 rings (SSSR count). The number of primary amides is 1. The third-order valence-corrected chi connectivity index (χ3v) is 3.48. The fraction of sp³-hybridized carbons (Fsp3) is 0.286. The van der Waals surface area contributed by atoms with Crippen molar-refractivity contribution >= 4 is 5.91 Å². The third kappa shape index (κ3) is 1.70. The molecule has 18 heavy (non-hydrogen) atoms. The minimum Gasteiger partial charge on any atom is -0.363 e. The third-order valence-electron chi connectivity index (χ3n) is 3.48. The number of carbonyl (C=O) groups excluding carboxylic acids is 1. The molecule has 1 heterocycles. The maximum Gasteiger partial charge on any atom is 0.284 e. The first-order valence-corrected chi connectivity index (χ1v) is 6.10. The van der Waals surface area contributed by atoms with Gasteiger partial charge in [-0.05, 0) is 30.4 Å². The van der Waals surface area contributed by atoms with Gasteiger partial charge in [0.05, 0.1) is 18.4 Å². The van der Waals surface area contributed by atoms with Gasteiger partial charge in [-0.1, -0.05) is 24.3 Å². The quantitative estimate of drug-likeness (QED) is 0.868. The highest BCUT2D eigenvalue weighted by Crippen LogP contribution is 2.33. The summed E-state index contributed by atoms with van der Waals surface area (Å²) in [6, 6.07) is 8.45. The monoisotopic (exact) mass is 240 g/mol. The van der Waals surface area contributed by atoms with Crippen molar-refractivity contribution < 1.29 is 4.79 Å². The number of imidazole rings is 1. The standard InChI is InChI=1S/C14H14N3O/c15-13(18)14-16-8-9-17(14)12-7-3-5-10-4-1-2-6-11(10)12/h1-2,4,6,8,12H,3,5,7H2,(H2,15,18). The van der Waals surface area contributed by atoms with E-state index in [1.165, 1.54) is 17.3 Å². The molecule has 1 aliphatic carbocycles. The summed E-state index contributed by atoms with van der Waals surface area (Å²) in [5.41, 5.74) is 7.93. The molecule has 2 aromatic rings. The van der Waals surface area contributed by atoms with Gasteiger partial charge in [0.2, 0.25) is 0 Å². The first-order valence-electron chi connectivity index (χ1n) is 6.10. The molecule has 0 saturated carbocycles. The Hall–Kier alpha value is -2.10. The van der Waals surface area contributed by atoms with Crippen LogP contribution in [0.1, 0.15) is 40.6 Å². The van der Waals surface area contributed by atoms with Gasteiger partial charge in [-0.2, -0.15) is 0 Å². The number of hydrogen-bond acceptors (Lipinski definition) is 2. The summed E-state index contributed by atoms with van der Waals surface area (Å²) in [7, 11) is 0. The molecule has 1 aromatic heterocycles. The van der Waals surface area contributed by atoms with Crippen molar-refractivity contribution in [2.75, 3.05) is 0 Å². The van der Waals surface area contributed by atoms with Crippen molar-refractivity contribution in [3.8, 4) is 0 Å². The molecule has 1 radical (unpaired) electrons. The maximum atomic E-state index is 11.4. The molecule has 0 aliphatic heterocycles. The Kier molecular flexibility index (Phi) is 2.63. The van der Waals surface area contributed by atoms with E-state index in [1.807, 2.05) is 12.1 Å². The lowest BCUT2D eigenvalue weighted by Crippen LogP contribution is -2.24. The van der Waals surface area contributed by atoms with E-state index in [-0.39, 0.29) is 11.9 Å². The van der Waals surface area contributed by atoms with Gasteiger partial charge in [0.25, 0.3) is 5.91 Å². The van der Waals surface area contributed by atoms with Crippen molar-refractivity contribution in [2.45, 2.75) is 25.3 Å². The molecule has 1 amide bonds. The fourth-order valence-electron chi connectivity index (χ4n) is 2.69. The van der Waals surface area contributed by atoms with Crippen LogP contribution in [0.25, 0.3) is 0 Å². The zero-order valence-corrected chi connectivity index (χ0v) is 9.97. The van der Waals surface area contributed by atoms with E-state index >= 15 is 0 Å². The van der Waals surface area contributed by atoms with Crippen LogP contribution >= 0.6 is 0 Å². The summed E-state index contributed by atoms with van der Waals surface area (Å²) in [6.07, 6.45) is 7.70. The summed E-state index contributed by atoms with van der Waals surface area (Å²) >= 11 is 0. The van der Waals surface area contributed by atoms with Crippen molar-refractivity contribution in [3.05, 3.63) is 53.6 Å². The van der Waals surface area contributed by atoms with Gasteiger partial charge in [-0.3, -0.25) is 4.79 Å². The van der Waals surface area contributed by atoms with Gasteiger partial charge in [0.1, 0.15) is 0 Å². The molecule has 1 unspecified atom stereocenters. The molecule has 0 bridgehead atoms. The molecule has 1 aromatic carbocycles. The topological polar surface area (TPSA) is 60.9 Å². The van der Waals surface area contributed by atoms with Crippen LogP contribution in [-0.2, 0) is 6.42 Å². The van der Waals surface area contributed by atoms with Crippen LogP contribution in [0.3, 0.4) is 0 Å². The van der Waals surface area contributed by atoms with Gasteiger partial charge in [0, 0.05) is 0 Å². The van der Waals surface area contributed by atoms with Crippen molar-refractivity contribution in [2.24, 2.45) is 5.73 Å². The zero-order valence-electron chi connectivity index (χ0n) is 9.97. The molecule has 0 spiro atoms. The molecule has 0 saturated heterocycles. The Bertz CT molecular complexity index is 588. The highest BCUT2D eigenvalue weighted by molar-refractivity contribution is 5.89. The highest BCUT2D eigenvalue weighted by Gasteiger charge is 2.24. The lowest BCUT2D eigenvalue weighted by atomic mass is 9.87. The predicted octanol–water partition coefficient (Wildman–Crippen LogP) is 1.71. The predicted molar refractivity (Wildman–Crippen MR) is 67.1 cm³/mol. The van der Waals surface area contributed by atoms with Crippen molar-refractivity contribution in [3.63, 3.8) is 0 Å². The van der Waals surface area contributed by atoms with Gasteiger partial charge in [0.15, 0.2) is 5.82 Å². The van der Waals surface area contributed by atoms with E-state index in [9.17, 15) is 4.79 Å². The Labute approximate surface area is 105 Å². The molecular formula is C14H14N3O. The van der Waals surface area contributed by atoms with E-state index < -0.39 is 5.91 Å². The number of aromatic nitrogens is 2. The molecular weight excluding hydrogens is 226 g/mol. The Morgan fingerprint density at radius 3 is 3.11 bits per heavy atom. The zero-order chi connectivity index (χ0) is 12.5. The number of nitrogens with two attached hydrogens (primary N) is 1. The summed E-state index contributed by atoms with van der Waals surface area (Å²) < 4.78 is 1.78. The number of rotatable bonds is 2. The minimum atomic E-state index is -0.501. The van der Waals surface area contributed by atoms with E-state index in [1.54, 1.807) is 4.57 Å². The van der Waals surface area contributed by atoms with Crippen molar-refractivity contribution in [1.29, 1.82) is 0 Å². The first-order chi connectivity index (χ1) is 8.77. The van der Waals surface area contributed by atoms with Gasteiger partial charge < -0.3 is 10.3 Å². The molecule has 1 atom stereocenters. The number of amides is 1. The molecule has 1 aliphatic rings. The van der Waals surface area contributed by atoms with Crippen LogP contribution in [0, 0.1) is 6.20 Å². The number of aryl methyl sites for hydroxylation is 1. The molecule has 4 heteroatoms. The SMILES string of the molecule is NC(=O)c1nc[c]n1C1CCCc2ccccc21. The van der Waals surface area contributed by atoms with Crippen LogP contribution < -0.4 is 5.73 Å². The van der Waals surface area contributed by atoms with Crippen LogP contribution in [0.2, 0.25) is 0 Å². The van der Waals surface area contributed by atoms with E-state index in [2.05, 4.69) is 23.3 Å². The smallest absolute Gasteiger partial charge is 0.284 e. The van der Waals surface area contributed by atoms with E-state index in [4.69, 9.17) is 5.73 Å². The average Bonchev–Trinajstić information content (AvgIpc) is 2.87. The van der Waals surface area contributed by atoms with Crippen molar-refractivity contribution in [1.82, 2.24) is 9.55 Å². The number of fused-ring (bicyclic) bond motifs is 1. The number of nitrogens with zero attached hydrogens (tertiary/aromatic N) is 2. The van der Waals surface area contributed by atoms with Gasteiger partial charge in [-0.25, -0.2) is 4.98 Å². The number of carbonyl (C=O) groups is 1. The van der Waals surface area contributed by atoms with Crippen LogP contribution in [0.15, 0.2) is 30.5 Å². The summed E-state index contributed by atoms with van der Waals surface area (Å²) in [4.78, 5) is 15.4. The van der Waals surface area contributed by atoms with E-state index in [0.717, 1.165) is 19.3 Å². The lowest BCUT2D eigenvalue weighted by Gasteiger charge is -2.27. The minimum absolute atomic E-state index is 0.125. The number of benzene rings is 1. The molecule has 2 N–H and O–H groups in total. The normalized spacial score (nSPS) is 18.3. The second-order valence-electron chi connectivity index (χ2n) is 4.55. The summed E-state index contributed by atoms with van der Waals surface area (Å²) in [5.74, 6) is -0.212. The fourth-order valence-corrected chi connectivity index (χ4v) is 2.69. The lowest BCUT2D eigenvalue weighted by molar-refractivity contribution is 0.0984. The highest BCUT2D eigenvalue weighted by atomic mass is 16.1. The molecule has 91 valence electrons. The van der Waals surface area contributed by atoms with Crippen LogP contribution in [0.5, 0.6) is 0 Å². The second-order valence-corrected chi connectivity index (χ2v) is 4.55. The number of hydrogen-bond donors (Lipinski definition) is 1. The first kappa shape index (κ1) is 11.0. The van der Waals surface area contributed by atoms with Gasteiger partial charge in [-0.15, -0.1) is 0 Å². The van der Waals surface area contributed by atoms with Gasteiger partial charge >= 0.3 is 0 Å². The second kappa shape index (κ2) is 4.29. The van der Waals surface area contributed by atoms with Crippen LogP contribution in [-0.4, -0.2) is 15.5 Å². The Morgan fingerprint density at radius 2 is 2.28 bits per heavy atom.